The molecule has 0 spiro atoms. The van der Waals surface area contributed by atoms with Crippen molar-refractivity contribution in [3.05, 3.63) is 46.5 Å². The van der Waals surface area contributed by atoms with Crippen LogP contribution in [0.15, 0.2) is 29.4 Å². The summed E-state index contributed by atoms with van der Waals surface area (Å²) in [4.78, 5) is 16.1. The predicted octanol–water partition coefficient (Wildman–Crippen LogP) is 3.56. The quantitative estimate of drug-likeness (QED) is 0.695. The molecule has 1 aliphatic heterocycles. The molecule has 30 heavy (non-hydrogen) atoms. The van der Waals surface area contributed by atoms with Crippen LogP contribution in [0.5, 0.6) is 0 Å². The molecule has 1 aliphatic rings. The van der Waals surface area contributed by atoms with E-state index >= 15 is 0 Å². The van der Waals surface area contributed by atoms with E-state index in [1.54, 1.807) is 0 Å². The van der Waals surface area contributed by atoms with Gasteiger partial charge < -0.3 is 15.8 Å². The molecule has 1 aromatic carbocycles. The molecular weight excluding hydrogens is 437 g/mol. The van der Waals surface area contributed by atoms with Crippen LogP contribution in [0.4, 0.5) is 27.6 Å². The summed E-state index contributed by atoms with van der Waals surface area (Å²) in [6, 6.07) is 2.89. The standard InChI is InChI=1S/C17H15ClF5N5O2/c1-16(17(22,23)7-30-6-12(24)26-16)9-4-8(2-3-11(9)19)25-14(29)13-10(18)5-28(27-13)15(20)21/h2-5,15H,6-7H2,1H3,(H2,24,26)(H,25,29). The Morgan fingerprint density at radius 3 is 2.73 bits per heavy atom. The van der Waals surface area contributed by atoms with Gasteiger partial charge in [0.1, 0.15) is 24.9 Å². The number of nitrogens with zero attached hydrogens (tertiary/aromatic N) is 3. The van der Waals surface area contributed by atoms with Gasteiger partial charge in [0.2, 0.25) is 0 Å². The number of anilines is 1. The molecule has 0 aliphatic carbocycles. The van der Waals surface area contributed by atoms with Crippen LogP contribution in [0.2, 0.25) is 5.02 Å². The zero-order valence-electron chi connectivity index (χ0n) is 15.3. The lowest BCUT2D eigenvalue weighted by Gasteiger charge is -2.33. The second-order valence-corrected chi connectivity index (χ2v) is 7.01. The van der Waals surface area contributed by atoms with Crippen LogP contribution >= 0.6 is 11.6 Å². The zero-order valence-corrected chi connectivity index (χ0v) is 16.1. The third-order valence-corrected chi connectivity index (χ3v) is 4.74. The van der Waals surface area contributed by atoms with Gasteiger partial charge in [-0.05, 0) is 25.1 Å². The molecule has 162 valence electrons. The molecule has 0 saturated heterocycles. The number of carbonyl (C=O) groups excluding carboxylic acids is 1. The summed E-state index contributed by atoms with van der Waals surface area (Å²) in [6.45, 7) is -3.44. The molecule has 7 nitrogen and oxygen atoms in total. The van der Waals surface area contributed by atoms with E-state index in [0.717, 1.165) is 31.3 Å². The number of aromatic nitrogens is 2. The molecule has 1 amide bonds. The van der Waals surface area contributed by atoms with Crippen LogP contribution in [0, 0.1) is 5.82 Å². The smallest absolute Gasteiger partial charge is 0.333 e. The topological polar surface area (TPSA) is 94.5 Å². The fraction of sp³-hybridized carbons (Fsp3) is 0.353. The number of nitrogens with two attached hydrogens (primary N) is 1. The summed E-state index contributed by atoms with van der Waals surface area (Å²) in [5, 5.41) is 5.28. The van der Waals surface area contributed by atoms with E-state index in [9.17, 15) is 26.7 Å². The average Bonchev–Trinajstić information content (AvgIpc) is 3.00. The van der Waals surface area contributed by atoms with Gasteiger partial charge in [0.05, 0.1) is 11.2 Å². The molecule has 1 unspecified atom stereocenters. The van der Waals surface area contributed by atoms with Crippen molar-refractivity contribution in [1.29, 1.82) is 0 Å². The maximum absolute atomic E-state index is 14.7. The molecule has 1 aromatic heterocycles. The Balaban J connectivity index is 1.97. The molecule has 3 N–H and O–H groups in total. The number of halogens is 6. The Bertz CT molecular complexity index is 1010. The Morgan fingerprint density at radius 1 is 1.40 bits per heavy atom. The molecule has 0 fully saturated rings. The lowest BCUT2D eigenvalue weighted by atomic mass is 9.85. The lowest BCUT2D eigenvalue weighted by molar-refractivity contribution is -0.116. The van der Waals surface area contributed by atoms with Gasteiger partial charge in [0.25, 0.3) is 11.8 Å². The number of amides is 1. The maximum atomic E-state index is 14.7. The largest absolute Gasteiger partial charge is 0.385 e. The van der Waals surface area contributed by atoms with Gasteiger partial charge in [-0.1, -0.05) is 11.6 Å². The van der Waals surface area contributed by atoms with E-state index < -0.39 is 47.6 Å². The third kappa shape index (κ3) is 3.97. The normalized spacial score (nSPS) is 21.3. The third-order valence-electron chi connectivity index (χ3n) is 4.46. The van der Waals surface area contributed by atoms with Crippen LogP contribution in [0.3, 0.4) is 0 Å². The molecule has 2 aromatic rings. The van der Waals surface area contributed by atoms with Crippen LogP contribution in [-0.4, -0.2) is 40.7 Å². The van der Waals surface area contributed by atoms with Crippen molar-refractivity contribution in [2.45, 2.75) is 24.9 Å². The molecule has 3 rings (SSSR count). The molecule has 0 saturated carbocycles. The Labute approximate surface area is 171 Å². The molecule has 0 bridgehead atoms. The second kappa shape index (κ2) is 7.84. The van der Waals surface area contributed by atoms with Gasteiger partial charge >= 0.3 is 6.55 Å². The highest BCUT2D eigenvalue weighted by Gasteiger charge is 2.54. The highest BCUT2D eigenvalue weighted by atomic mass is 35.5. The number of amidine groups is 1. The van der Waals surface area contributed by atoms with Crippen molar-refractivity contribution in [1.82, 2.24) is 9.78 Å². The van der Waals surface area contributed by atoms with Crippen molar-refractivity contribution < 1.29 is 31.5 Å². The van der Waals surface area contributed by atoms with Crippen LogP contribution in [0.25, 0.3) is 0 Å². The van der Waals surface area contributed by atoms with E-state index in [1.165, 1.54) is 0 Å². The van der Waals surface area contributed by atoms with E-state index in [-0.39, 0.29) is 27.8 Å². The fourth-order valence-electron chi connectivity index (χ4n) is 2.87. The van der Waals surface area contributed by atoms with Crippen molar-refractivity contribution in [3.8, 4) is 0 Å². The number of alkyl halides is 4. The van der Waals surface area contributed by atoms with Crippen LogP contribution in [-0.2, 0) is 10.3 Å². The molecule has 13 heteroatoms. The Kier molecular flexibility index (Phi) is 5.74. The molecule has 1 atom stereocenters. The average molecular weight is 452 g/mol. The van der Waals surface area contributed by atoms with Gasteiger partial charge in [0.15, 0.2) is 11.2 Å². The number of carbonyl (C=O) groups is 1. The zero-order chi connectivity index (χ0) is 22.3. The number of hydrogen-bond acceptors (Lipinski definition) is 5. The lowest BCUT2D eigenvalue weighted by Crippen LogP contribution is -2.45. The number of aliphatic imine (C=N–C) groups is 1. The Morgan fingerprint density at radius 2 is 2.10 bits per heavy atom. The summed E-state index contributed by atoms with van der Waals surface area (Å²) < 4.78 is 74.3. The monoisotopic (exact) mass is 451 g/mol. The summed E-state index contributed by atoms with van der Waals surface area (Å²) in [6.07, 6.45) is 0.752. The number of nitrogens with one attached hydrogen (secondary N) is 1. The van der Waals surface area contributed by atoms with E-state index in [4.69, 9.17) is 22.1 Å². The fourth-order valence-corrected chi connectivity index (χ4v) is 3.10. The summed E-state index contributed by atoms with van der Waals surface area (Å²) in [5.74, 6) is -5.90. The minimum Gasteiger partial charge on any atom is -0.385 e. The molecular formula is C17H15ClF5N5O2. The van der Waals surface area contributed by atoms with Gasteiger partial charge in [0, 0.05) is 11.3 Å². The predicted molar refractivity (Wildman–Crippen MR) is 97.6 cm³/mol. The van der Waals surface area contributed by atoms with Crippen molar-refractivity contribution in [2.24, 2.45) is 10.7 Å². The van der Waals surface area contributed by atoms with Crippen LogP contribution in [0.1, 0.15) is 29.5 Å². The van der Waals surface area contributed by atoms with Crippen LogP contribution < -0.4 is 11.1 Å². The van der Waals surface area contributed by atoms with Gasteiger partial charge in [-0.3, -0.25) is 9.79 Å². The van der Waals surface area contributed by atoms with Gasteiger partial charge in [-0.15, -0.1) is 0 Å². The first-order valence-electron chi connectivity index (χ1n) is 8.38. The first-order chi connectivity index (χ1) is 13.9. The number of hydrogen-bond donors (Lipinski definition) is 2. The molecule has 0 radical (unpaired) electrons. The highest BCUT2D eigenvalue weighted by Crippen LogP contribution is 2.44. The van der Waals surface area contributed by atoms with E-state index in [0.29, 0.717) is 0 Å². The van der Waals surface area contributed by atoms with E-state index in [2.05, 4.69) is 15.4 Å². The van der Waals surface area contributed by atoms with Crippen molar-refractivity contribution in [3.63, 3.8) is 0 Å². The summed E-state index contributed by atoms with van der Waals surface area (Å²) >= 11 is 5.74. The number of rotatable bonds is 4. The van der Waals surface area contributed by atoms with E-state index in [1.807, 2.05) is 0 Å². The van der Waals surface area contributed by atoms with Crippen molar-refractivity contribution >= 4 is 29.0 Å². The summed E-state index contributed by atoms with van der Waals surface area (Å²) in [5.41, 5.74) is 1.95. The molecule has 2 heterocycles. The first-order valence-corrected chi connectivity index (χ1v) is 8.76. The highest BCUT2D eigenvalue weighted by molar-refractivity contribution is 6.34. The number of benzene rings is 1. The number of ether oxygens (including phenoxy) is 1. The maximum Gasteiger partial charge on any atom is 0.333 e. The van der Waals surface area contributed by atoms with Crippen molar-refractivity contribution in [2.75, 3.05) is 18.5 Å². The minimum absolute atomic E-state index is 0.116. The first kappa shape index (κ1) is 22.0. The SMILES string of the molecule is CC1(c2cc(NC(=O)c3nn(C(F)F)cc3Cl)ccc2F)N=C(N)COCC1(F)F. The Hall–Kier alpha value is -2.73. The summed E-state index contributed by atoms with van der Waals surface area (Å²) in [7, 11) is 0. The second-order valence-electron chi connectivity index (χ2n) is 6.60. The minimum atomic E-state index is -3.63. The van der Waals surface area contributed by atoms with Gasteiger partial charge in [-0.2, -0.15) is 13.9 Å². The van der Waals surface area contributed by atoms with Gasteiger partial charge in [-0.25, -0.2) is 17.9 Å².